The summed E-state index contributed by atoms with van der Waals surface area (Å²) in [7, 11) is 0. The topological polar surface area (TPSA) is 67.1 Å². The van der Waals surface area contributed by atoms with Crippen LogP contribution in [0.2, 0.25) is 0 Å². The Hall–Kier alpha value is -2.13. The molecule has 0 radical (unpaired) electrons. The molecule has 0 amide bonds. The van der Waals surface area contributed by atoms with Crippen LogP contribution in [0.25, 0.3) is 16.4 Å². The zero-order valence-electron chi connectivity index (χ0n) is 11.3. The molecule has 3 aromatic rings. The molecule has 0 bridgehead atoms. The maximum absolute atomic E-state index is 9.38. The molecule has 0 atom stereocenters. The van der Waals surface area contributed by atoms with E-state index in [0.717, 1.165) is 22.8 Å². The largest absolute Gasteiger partial charge is 0.463 e. The molecule has 0 aliphatic heterocycles. The molecule has 102 valence electrons. The number of hydrogen-bond acceptors (Lipinski definition) is 5. The Balaban J connectivity index is 2.14. The number of furan rings is 1. The van der Waals surface area contributed by atoms with Crippen LogP contribution in [0.3, 0.4) is 0 Å². The first-order chi connectivity index (χ1) is 9.78. The minimum absolute atomic E-state index is 0.431. The van der Waals surface area contributed by atoms with Crippen LogP contribution in [0.15, 0.2) is 22.8 Å². The minimum Gasteiger partial charge on any atom is -0.463 e. The zero-order chi connectivity index (χ0) is 14.1. The van der Waals surface area contributed by atoms with Gasteiger partial charge in [0.15, 0.2) is 11.5 Å². The van der Waals surface area contributed by atoms with Crippen LogP contribution in [0.5, 0.6) is 0 Å². The molecule has 0 saturated carbocycles. The molecule has 0 aromatic carbocycles. The third-order valence-corrected chi connectivity index (χ3v) is 4.49. The van der Waals surface area contributed by atoms with Gasteiger partial charge in [0, 0.05) is 5.92 Å². The van der Waals surface area contributed by atoms with Crippen molar-refractivity contribution in [3.63, 3.8) is 0 Å². The van der Waals surface area contributed by atoms with Gasteiger partial charge in [0.25, 0.3) is 0 Å². The summed E-state index contributed by atoms with van der Waals surface area (Å²) in [6, 6.07) is 5.77. The van der Waals surface area contributed by atoms with Crippen molar-refractivity contribution < 1.29 is 4.42 Å². The predicted octanol–water partition coefficient (Wildman–Crippen LogP) is 3.83. The van der Waals surface area contributed by atoms with Crippen LogP contribution in [0.1, 0.15) is 43.3 Å². The van der Waals surface area contributed by atoms with Crippen molar-refractivity contribution in [1.82, 2.24) is 14.6 Å². The van der Waals surface area contributed by atoms with Gasteiger partial charge in [-0.3, -0.25) is 0 Å². The third-order valence-electron chi connectivity index (χ3n) is 3.41. The van der Waals surface area contributed by atoms with E-state index in [1.165, 1.54) is 0 Å². The van der Waals surface area contributed by atoms with Gasteiger partial charge in [-0.2, -0.15) is 14.9 Å². The number of rotatable bonds is 4. The van der Waals surface area contributed by atoms with E-state index in [-0.39, 0.29) is 0 Å². The van der Waals surface area contributed by atoms with Gasteiger partial charge >= 0.3 is 0 Å². The van der Waals surface area contributed by atoms with Crippen molar-refractivity contribution in [2.45, 2.75) is 32.6 Å². The fraction of sp³-hybridized carbons (Fsp3) is 0.357. The maximum Gasteiger partial charge on any atom is 0.214 e. The molecule has 3 aromatic heterocycles. The van der Waals surface area contributed by atoms with E-state index in [1.807, 2.05) is 0 Å². The monoisotopic (exact) mass is 286 g/mol. The van der Waals surface area contributed by atoms with Crippen LogP contribution in [-0.2, 0) is 0 Å². The van der Waals surface area contributed by atoms with Crippen molar-refractivity contribution in [2.75, 3.05) is 0 Å². The number of nitriles is 1. The van der Waals surface area contributed by atoms with Crippen LogP contribution >= 0.6 is 11.3 Å². The Labute approximate surface area is 120 Å². The summed E-state index contributed by atoms with van der Waals surface area (Å²) in [6.45, 7) is 4.30. The van der Waals surface area contributed by atoms with E-state index in [0.29, 0.717) is 23.1 Å². The summed E-state index contributed by atoms with van der Waals surface area (Å²) in [6.07, 6.45) is 3.66. The summed E-state index contributed by atoms with van der Waals surface area (Å²) >= 11 is 1.55. The highest BCUT2D eigenvalue weighted by atomic mass is 32.1. The van der Waals surface area contributed by atoms with Gasteiger partial charge in [-0.25, -0.2) is 4.98 Å². The Morgan fingerprint density at radius 3 is 2.85 bits per heavy atom. The lowest BCUT2D eigenvalue weighted by Crippen LogP contribution is -1.97. The van der Waals surface area contributed by atoms with E-state index < -0.39 is 0 Å². The van der Waals surface area contributed by atoms with Crippen LogP contribution in [0.4, 0.5) is 0 Å². The molecule has 20 heavy (non-hydrogen) atoms. The first-order valence-electron chi connectivity index (χ1n) is 6.61. The molecule has 0 aliphatic carbocycles. The lowest BCUT2D eigenvalue weighted by Gasteiger charge is -2.06. The summed E-state index contributed by atoms with van der Waals surface area (Å²) in [4.78, 5) is 5.25. The van der Waals surface area contributed by atoms with E-state index in [2.05, 4.69) is 30.0 Å². The average molecular weight is 286 g/mol. The predicted molar refractivity (Wildman–Crippen MR) is 76.6 cm³/mol. The molecule has 5 nitrogen and oxygen atoms in total. The van der Waals surface area contributed by atoms with Crippen molar-refractivity contribution >= 4 is 16.3 Å². The lowest BCUT2D eigenvalue weighted by molar-refractivity contribution is 0.580. The van der Waals surface area contributed by atoms with Gasteiger partial charge in [-0.1, -0.05) is 25.2 Å². The molecule has 3 rings (SSSR count). The highest BCUT2D eigenvalue weighted by molar-refractivity contribution is 7.16. The number of nitrogens with zero attached hydrogens (tertiary/aromatic N) is 4. The molecule has 3 heterocycles. The second-order valence-electron chi connectivity index (χ2n) is 4.55. The summed E-state index contributed by atoms with van der Waals surface area (Å²) in [5.41, 5.74) is 0.996. The Bertz CT molecular complexity index is 759. The van der Waals surface area contributed by atoms with Gasteiger partial charge < -0.3 is 4.42 Å². The standard InChI is InChI=1S/C14H14N4OS/c1-3-9(4-2)13-17-18-10(8-15)12(16-14(18)20-13)11-6-5-7-19-11/h5-7,9H,3-4H2,1-2H3. The molecule has 0 fully saturated rings. The average Bonchev–Trinajstić information content (AvgIpc) is 3.14. The maximum atomic E-state index is 9.38. The molecule has 0 aliphatic rings. The van der Waals surface area contributed by atoms with Crippen LogP contribution < -0.4 is 0 Å². The first kappa shape index (κ1) is 12.9. The smallest absolute Gasteiger partial charge is 0.214 e. The summed E-state index contributed by atoms with van der Waals surface area (Å²) in [5, 5.41) is 15.0. The summed E-state index contributed by atoms with van der Waals surface area (Å²) in [5.74, 6) is 1.03. The van der Waals surface area contributed by atoms with Crippen molar-refractivity contribution in [2.24, 2.45) is 0 Å². The fourth-order valence-electron chi connectivity index (χ4n) is 2.25. The molecule has 6 heteroatoms. The zero-order valence-corrected chi connectivity index (χ0v) is 12.1. The number of fused-ring (bicyclic) bond motifs is 1. The van der Waals surface area contributed by atoms with Crippen LogP contribution in [0, 0.1) is 11.3 Å². The van der Waals surface area contributed by atoms with E-state index in [9.17, 15) is 5.26 Å². The third kappa shape index (κ3) is 1.91. The van der Waals surface area contributed by atoms with Gasteiger partial charge in [-0.15, -0.1) is 0 Å². The first-order valence-corrected chi connectivity index (χ1v) is 7.43. The van der Waals surface area contributed by atoms with Gasteiger partial charge in [-0.05, 0) is 25.0 Å². The minimum atomic E-state index is 0.431. The Morgan fingerprint density at radius 1 is 1.45 bits per heavy atom. The Kier molecular flexibility index (Phi) is 3.28. The van der Waals surface area contributed by atoms with Crippen LogP contribution in [-0.4, -0.2) is 14.6 Å². The normalized spacial score (nSPS) is 11.3. The summed E-state index contributed by atoms with van der Waals surface area (Å²) < 4.78 is 6.97. The molecule has 0 unspecified atom stereocenters. The lowest BCUT2D eigenvalue weighted by atomic mass is 10.1. The highest BCUT2D eigenvalue weighted by Gasteiger charge is 2.21. The second-order valence-corrected chi connectivity index (χ2v) is 5.53. The number of imidazole rings is 1. The Morgan fingerprint density at radius 2 is 2.25 bits per heavy atom. The molecular formula is C14H14N4OS. The molecule has 0 N–H and O–H groups in total. The SMILES string of the molecule is CCC(CC)c1nn2c(C#N)c(-c3ccco3)nc2s1. The van der Waals surface area contributed by atoms with Crippen molar-refractivity contribution in [3.8, 4) is 17.5 Å². The van der Waals surface area contributed by atoms with Gasteiger partial charge in [0.2, 0.25) is 4.96 Å². The number of aromatic nitrogens is 3. The van der Waals surface area contributed by atoms with Gasteiger partial charge in [0.1, 0.15) is 16.8 Å². The molecule has 0 spiro atoms. The molecule has 0 saturated heterocycles. The van der Waals surface area contributed by atoms with E-state index in [4.69, 9.17) is 4.42 Å². The second kappa shape index (κ2) is 5.10. The number of hydrogen-bond donors (Lipinski definition) is 0. The molecular weight excluding hydrogens is 272 g/mol. The van der Waals surface area contributed by atoms with E-state index >= 15 is 0 Å². The van der Waals surface area contributed by atoms with Crippen molar-refractivity contribution in [3.05, 3.63) is 29.1 Å². The van der Waals surface area contributed by atoms with E-state index in [1.54, 1.807) is 34.2 Å². The fourth-order valence-corrected chi connectivity index (χ4v) is 3.42. The van der Waals surface area contributed by atoms with Gasteiger partial charge in [0.05, 0.1) is 6.26 Å². The highest BCUT2D eigenvalue weighted by Crippen LogP contribution is 2.31. The quantitative estimate of drug-likeness (QED) is 0.731. The van der Waals surface area contributed by atoms with Crippen molar-refractivity contribution in [1.29, 1.82) is 5.26 Å².